The minimum atomic E-state index is -4.57. The van der Waals surface area contributed by atoms with Gasteiger partial charge >= 0.3 is 6.18 Å². The van der Waals surface area contributed by atoms with E-state index < -0.39 is 17.8 Å². The number of benzene rings is 2. The first kappa shape index (κ1) is 26.0. The third-order valence-electron chi connectivity index (χ3n) is 5.99. The van der Waals surface area contributed by atoms with Crippen molar-refractivity contribution >= 4 is 51.6 Å². The van der Waals surface area contributed by atoms with Gasteiger partial charge in [0, 0.05) is 28.2 Å². The molecule has 2 atom stereocenters. The maximum absolute atomic E-state index is 13.4. The topological polar surface area (TPSA) is 83.1 Å². The lowest BCUT2D eigenvalue weighted by atomic mass is 9.90. The summed E-state index contributed by atoms with van der Waals surface area (Å²) in [5, 5.41) is 9.82. The summed E-state index contributed by atoms with van der Waals surface area (Å²) in [5.74, 6) is -0.897. The number of nitrogens with one attached hydrogen (secondary N) is 3. The number of fused-ring (bicyclic) bond motifs is 1. The summed E-state index contributed by atoms with van der Waals surface area (Å²) in [7, 11) is 0. The Labute approximate surface area is 215 Å². The molecule has 11 heteroatoms. The number of nitrogens with zero attached hydrogens (tertiary/aromatic N) is 1. The molecule has 3 N–H and O–H groups in total. The van der Waals surface area contributed by atoms with Crippen molar-refractivity contribution in [2.45, 2.75) is 43.9 Å². The average molecular weight is 539 g/mol. The highest BCUT2D eigenvalue weighted by atomic mass is 35.5. The second kappa shape index (κ2) is 10.9. The third-order valence-corrected chi connectivity index (χ3v) is 6.55. The predicted octanol–water partition coefficient (Wildman–Crippen LogP) is 5.83. The smallest absolute Gasteiger partial charge is 0.382 e. The Kier molecular flexibility index (Phi) is 7.90. The van der Waals surface area contributed by atoms with E-state index in [0.717, 1.165) is 25.3 Å². The number of rotatable bonds is 6. The van der Waals surface area contributed by atoms with Crippen LogP contribution in [0.1, 0.15) is 41.7 Å². The largest absolute Gasteiger partial charge is 0.433 e. The quantitative estimate of drug-likeness (QED) is 0.368. The van der Waals surface area contributed by atoms with Crippen molar-refractivity contribution in [1.29, 1.82) is 0 Å². The fraction of sp³-hybridized carbons (Fsp3) is 0.320. The molecule has 0 bridgehead atoms. The second-order valence-electron chi connectivity index (χ2n) is 8.65. The van der Waals surface area contributed by atoms with E-state index >= 15 is 0 Å². The van der Waals surface area contributed by atoms with Gasteiger partial charge in [-0.2, -0.15) is 13.2 Å². The molecular formula is C25H23Cl2F3N4O2. The molecule has 0 saturated heterocycles. The van der Waals surface area contributed by atoms with Crippen LogP contribution < -0.4 is 16.0 Å². The minimum Gasteiger partial charge on any atom is -0.382 e. The van der Waals surface area contributed by atoms with Crippen molar-refractivity contribution in [2.75, 3.05) is 11.9 Å². The molecule has 190 valence electrons. The van der Waals surface area contributed by atoms with E-state index in [1.165, 1.54) is 12.1 Å². The summed E-state index contributed by atoms with van der Waals surface area (Å²) in [4.78, 5) is 28.5. The van der Waals surface area contributed by atoms with Gasteiger partial charge in [0.1, 0.15) is 5.69 Å². The fourth-order valence-corrected chi connectivity index (χ4v) is 4.69. The average Bonchev–Trinajstić information content (AvgIpc) is 2.83. The number of carbonyl (C=O) groups is 2. The molecule has 1 saturated carbocycles. The van der Waals surface area contributed by atoms with Crippen LogP contribution in [0.2, 0.25) is 10.0 Å². The van der Waals surface area contributed by atoms with Crippen LogP contribution in [0.15, 0.2) is 48.5 Å². The van der Waals surface area contributed by atoms with E-state index in [1.807, 2.05) is 0 Å². The van der Waals surface area contributed by atoms with Crippen LogP contribution in [-0.4, -0.2) is 35.4 Å². The highest BCUT2D eigenvalue weighted by Crippen LogP contribution is 2.34. The Morgan fingerprint density at radius 3 is 2.56 bits per heavy atom. The lowest BCUT2D eigenvalue weighted by Gasteiger charge is -2.31. The first-order chi connectivity index (χ1) is 17.1. The number of alkyl halides is 3. The summed E-state index contributed by atoms with van der Waals surface area (Å²) in [6, 6.07) is 11.8. The molecule has 1 aliphatic rings. The van der Waals surface area contributed by atoms with E-state index in [-0.39, 0.29) is 40.6 Å². The molecule has 3 aromatic rings. The molecule has 2 amide bonds. The Morgan fingerprint density at radius 2 is 1.78 bits per heavy atom. The van der Waals surface area contributed by atoms with Crippen molar-refractivity contribution in [3.05, 3.63) is 69.8 Å². The summed E-state index contributed by atoms with van der Waals surface area (Å²) < 4.78 is 40.1. The van der Waals surface area contributed by atoms with Crippen LogP contribution in [-0.2, 0) is 11.0 Å². The lowest BCUT2D eigenvalue weighted by molar-refractivity contribution is -0.140. The molecule has 2 aromatic carbocycles. The van der Waals surface area contributed by atoms with Crippen molar-refractivity contribution in [2.24, 2.45) is 0 Å². The number of amides is 2. The summed E-state index contributed by atoms with van der Waals surface area (Å²) in [6.07, 6.45) is -1.79. The Hall–Kier alpha value is -3.04. The molecule has 36 heavy (non-hydrogen) atoms. The molecule has 0 radical (unpaired) electrons. The molecule has 0 spiro atoms. The molecule has 1 aromatic heterocycles. The molecule has 1 fully saturated rings. The van der Waals surface area contributed by atoms with Crippen molar-refractivity contribution in [1.82, 2.24) is 15.6 Å². The summed E-state index contributed by atoms with van der Waals surface area (Å²) in [5.41, 5.74) is -0.178. The van der Waals surface area contributed by atoms with Crippen LogP contribution in [0, 0.1) is 0 Å². The SMILES string of the molecule is O=C(CNC(=O)c1cc(Cl)ccc1Cl)N[C@@H]1CCC[C@H](Nc2cc(C(F)(F)F)nc3ccccc23)C1. The van der Waals surface area contributed by atoms with Gasteiger partial charge < -0.3 is 16.0 Å². The highest BCUT2D eigenvalue weighted by molar-refractivity contribution is 6.35. The van der Waals surface area contributed by atoms with Gasteiger partial charge in [0.05, 0.1) is 22.6 Å². The normalized spacial score (nSPS) is 18.0. The fourth-order valence-electron chi connectivity index (χ4n) is 4.32. The summed E-state index contributed by atoms with van der Waals surface area (Å²) >= 11 is 11.9. The molecule has 1 heterocycles. The van der Waals surface area contributed by atoms with Gasteiger partial charge in [0.15, 0.2) is 0 Å². The zero-order valence-corrected chi connectivity index (χ0v) is 20.5. The number of carbonyl (C=O) groups excluding carboxylic acids is 2. The van der Waals surface area contributed by atoms with Crippen LogP contribution >= 0.6 is 23.2 Å². The number of hydrogen-bond donors (Lipinski definition) is 3. The Balaban J connectivity index is 1.37. The van der Waals surface area contributed by atoms with Crippen LogP contribution in [0.3, 0.4) is 0 Å². The van der Waals surface area contributed by atoms with Gasteiger partial charge in [-0.15, -0.1) is 0 Å². The molecular weight excluding hydrogens is 516 g/mol. The molecule has 0 aliphatic heterocycles. The zero-order valence-electron chi connectivity index (χ0n) is 19.0. The molecule has 0 unspecified atom stereocenters. The van der Waals surface area contributed by atoms with Gasteiger partial charge in [-0.05, 0) is 56.0 Å². The van der Waals surface area contributed by atoms with Gasteiger partial charge in [-0.25, -0.2) is 4.98 Å². The van der Waals surface area contributed by atoms with Gasteiger partial charge in [-0.3, -0.25) is 9.59 Å². The van der Waals surface area contributed by atoms with E-state index in [2.05, 4.69) is 20.9 Å². The molecule has 6 nitrogen and oxygen atoms in total. The second-order valence-corrected chi connectivity index (χ2v) is 9.49. The highest BCUT2D eigenvalue weighted by Gasteiger charge is 2.34. The van der Waals surface area contributed by atoms with Crippen molar-refractivity contribution < 1.29 is 22.8 Å². The predicted molar refractivity (Wildman–Crippen MR) is 133 cm³/mol. The van der Waals surface area contributed by atoms with Gasteiger partial charge in [0.2, 0.25) is 5.91 Å². The van der Waals surface area contributed by atoms with Crippen LogP contribution in [0.25, 0.3) is 10.9 Å². The van der Waals surface area contributed by atoms with E-state index in [4.69, 9.17) is 23.2 Å². The standard InChI is InChI=1S/C25H23Cl2F3N4O2/c26-14-8-9-19(27)18(10-14)24(36)31-13-23(35)33-16-5-3-4-15(11-16)32-21-12-22(25(28,29)30)34-20-7-2-1-6-17(20)21/h1-2,6-10,12,15-16H,3-5,11,13H2,(H,31,36)(H,32,34)(H,33,35)/t15-,16+/m0/s1. The van der Waals surface area contributed by atoms with E-state index in [9.17, 15) is 22.8 Å². The number of halogens is 5. The van der Waals surface area contributed by atoms with Gasteiger partial charge in [-0.1, -0.05) is 41.4 Å². The van der Waals surface area contributed by atoms with E-state index in [1.54, 1.807) is 30.3 Å². The third kappa shape index (κ3) is 6.39. The number of anilines is 1. The number of para-hydroxylation sites is 1. The lowest BCUT2D eigenvalue weighted by Crippen LogP contribution is -2.45. The minimum absolute atomic E-state index is 0.143. The Morgan fingerprint density at radius 1 is 1.03 bits per heavy atom. The monoisotopic (exact) mass is 538 g/mol. The first-order valence-corrected chi connectivity index (χ1v) is 12.1. The molecule has 4 rings (SSSR count). The number of hydrogen-bond acceptors (Lipinski definition) is 4. The van der Waals surface area contributed by atoms with Crippen LogP contribution in [0.5, 0.6) is 0 Å². The first-order valence-electron chi connectivity index (χ1n) is 11.4. The number of aromatic nitrogens is 1. The Bertz CT molecular complexity index is 1290. The number of pyridine rings is 1. The maximum Gasteiger partial charge on any atom is 0.433 e. The summed E-state index contributed by atoms with van der Waals surface area (Å²) in [6.45, 7) is -0.250. The maximum atomic E-state index is 13.4. The van der Waals surface area contributed by atoms with E-state index in [0.29, 0.717) is 22.5 Å². The van der Waals surface area contributed by atoms with Crippen molar-refractivity contribution in [3.8, 4) is 0 Å². The van der Waals surface area contributed by atoms with Crippen molar-refractivity contribution in [3.63, 3.8) is 0 Å². The van der Waals surface area contributed by atoms with Crippen LogP contribution in [0.4, 0.5) is 18.9 Å². The van der Waals surface area contributed by atoms with Gasteiger partial charge in [0.25, 0.3) is 5.91 Å². The molecule has 1 aliphatic carbocycles. The zero-order chi connectivity index (χ0) is 25.9.